The predicted molar refractivity (Wildman–Crippen MR) is 120 cm³/mol. The molecule has 33 heavy (non-hydrogen) atoms. The number of hydrogen-bond donors (Lipinski definition) is 4. The summed E-state index contributed by atoms with van der Waals surface area (Å²) < 4.78 is 46.4. The topological polar surface area (TPSA) is 112 Å². The van der Waals surface area contributed by atoms with Crippen molar-refractivity contribution in [3.8, 4) is 11.3 Å². The molecule has 176 valence electrons. The Hall–Kier alpha value is -2.86. The summed E-state index contributed by atoms with van der Waals surface area (Å²) in [4.78, 5) is 22.6. The van der Waals surface area contributed by atoms with Crippen molar-refractivity contribution in [2.45, 2.75) is 44.0 Å². The van der Waals surface area contributed by atoms with E-state index in [-0.39, 0.29) is 23.2 Å². The Morgan fingerprint density at radius 1 is 1.33 bits per heavy atom. The van der Waals surface area contributed by atoms with E-state index < -0.39 is 23.9 Å². The lowest BCUT2D eigenvalue weighted by Crippen LogP contribution is -2.30. The molecule has 2 atom stereocenters. The van der Waals surface area contributed by atoms with E-state index in [1.807, 2.05) is 0 Å². The first-order valence-electron chi connectivity index (χ1n) is 10.2. The lowest BCUT2D eigenvalue weighted by atomic mass is 9.93. The van der Waals surface area contributed by atoms with Gasteiger partial charge in [-0.15, -0.1) is 0 Å². The molecule has 0 spiro atoms. The lowest BCUT2D eigenvalue weighted by molar-refractivity contribution is -0.137. The summed E-state index contributed by atoms with van der Waals surface area (Å²) in [6.45, 7) is 0. The number of ether oxygens (including phenoxy) is 1. The molecule has 0 bridgehead atoms. The number of H-pyrrole nitrogens is 1. The molecular weight excluding hydrogens is 507 g/mol. The number of amides is 1. The smallest absolute Gasteiger partial charge is 0.419 e. The van der Waals surface area contributed by atoms with Crippen LogP contribution in [0.4, 0.5) is 29.6 Å². The second-order valence-corrected chi connectivity index (χ2v) is 8.58. The van der Waals surface area contributed by atoms with Crippen LogP contribution in [0.3, 0.4) is 0 Å². The van der Waals surface area contributed by atoms with Gasteiger partial charge in [-0.1, -0.05) is 6.07 Å². The first-order chi connectivity index (χ1) is 15.7. The normalized spacial score (nSPS) is 18.8. The Bertz CT molecular complexity index is 1180. The number of fused-ring (bicyclic) bond motifs is 1. The molecule has 0 saturated heterocycles. The Kier molecular flexibility index (Phi) is 6.48. The third-order valence-electron chi connectivity index (χ3n) is 5.54. The summed E-state index contributed by atoms with van der Waals surface area (Å²) in [5.41, 5.74) is -0.138. The lowest BCUT2D eigenvalue weighted by Gasteiger charge is -2.26. The number of nitrogens with one attached hydrogen (secondary N) is 3. The van der Waals surface area contributed by atoms with E-state index in [1.54, 1.807) is 12.1 Å². The molecule has 1 aromatic carbocycles. The van der Waals surface area contributed by atoms with Crippen LogP contribution in [0.15, 0.2) is 29.0 Å². The quantitative estimate of drug-likeness (QED) is 0.366. The van der Waals surface area contributed by atoms with Crippen molar-refractivity contribution in [1.29, 1.82) is 0 Å². The van der Waals surface area contributed by atoms with Crippen LogP contribution in [0.2, 0.25) is 0 Å². The van der Waals surface area contributed by atoms with Crippen LogP contribution in [0.25, 0.3) is 22.2 Å². The predicted octanol–water partition coefficient (Wildman–Crippen LogP) is 5.30. The zero-order valence-electron chi connectivity index (χ0n) is 17.5. The third kappa shape index (κ3) is 4.91. The van der Waals surface area contributed by atoms with Crippen molar-refractivity contribution in [1.82, 2.24) is 15.0 Å². The highest BCUT2D eigenvalue weighted by Crippen LogP contribution is 2.41. The van der Waals surface area contributed by atoms with Gasteiger partial charge in [0.25, 0.3) is 0 Å². The molecule has 12 heteroatoms. The van der Waals surface area contributed by atoms with E-state index in [0.717, 1.165) is 19.0 Å². The molecule has 0 radical (unpaired) electrons. The molecule has 1 amide bonds. The van der Waals surface area contributed by atoms with Crippen molar-refractivity contribution in [2.75, 3.05) is 17.7 Å². The largest absolute Gasteiger partial charge is 0.453 e. The van der Waals surface area contributed by atoms with Gasteiger partial charge in [0.15, 0.2) is 0 Å². The number of aromatic nitrogens is 3. The second-order valence-electron chi connectivity index (χ2n) is 7.78. The van der Waals surface area contributed by atoms with Crippen molar-refractivity contribution in [3.05, 3.63) is 34.6 Å². The summed E-state index contributed by atoms with van der Waals surface area (Å²) in [7, 11) is 1.22. The number of rotatable bonds is 4. The van der Waals surface area contributed by atoms with E-state index >= 15 is 0 Å². The number of hydrogen-bond acceptors (Lipinski definition) is 6. The van der Waals surface area contributed by atoms with Crippen LogP contribution in [0, 0.1) is 0 Å². The Labute approximate surface area is 195 Å². The average Bonchev–Trinajstić information content (AvgIpc) is 3.19. The van der Waals surface area contributed by atoms with Crippen molar-refractivity contribution < 1.29 is 27.8 Å². The van der Waals surface area contributed by atoms with Crippen LogP contribution in [-0.4, -0.2) is 45.4 Å². The number of anilines is 2. The molecule has 1 aliphatic carbocycles. The molecule has 4 rings (SSSR count). The summed E-state index contributed by atoms with van der Waals surface area (Å²) >= 11 is 3.38. The molecule has 1 saturated carbocycles. The zero-order chi connectivity index (χ0) is 23.8. The molecule has 2 heterocycles. The third-order valence-corrected chi connectivity index (χ3v) is 6.37. The average molecular weight is 528 g/mol. The highest BCUT2D eigenvalue weighted by atomic mass is 79.9. The minimum Gasteiger partial charge on any atom is -0.453 e. The van der Waals surface area contributed by atoms with Gasteiger partial charge >= 0.3 is 12.3 Å². The standard InChI is InChI=1S/C21H21BrF3N5O3/c1-33-20(32)29-15-6-5-12-13(8-26-18(12)16(15)22)17-14(21(23,24)25)9-27-19(30-17)28-10-3-2-4-11(31)7-10/h5-6,8-11,26,31H,2-4,7H2,1H3,(H,29,32)(H,27,28,30). The molecule has 3 aromatic rings. The van der Waals surface area contributed by atoms with Crippen LogP contribution in [0.1, 0.15) is 31.2 Å². The number of methoxy groups -OCH3 is 1. The molecular formula is C21H21BrF3N5O3. The van der Waals surface area contributed by atoms with Gasteiger partial charge in [0.1, 0.15) is 5.56 Å². The minimum absolute atomic E-state index is 0.0643. The Morgan fingerprint density at radius 2 is 2.12 bits per heavy atom. The summed E-state index contributed by atoms with van der Waals surface area (Å²) in [5.74, 6) is 0.0643. The maximum atomic E-state index is 13.8. The van der Waals surface area contributed by atoms with Crippen LogP contribution in [-0.2, 0) is 10.9 Å². The van der Waals surface area contributed by atoms with E-state index in [2.05, 4.69) is 46.3 Å². The van der Waals surface area contributed by atoms with Gasteiger partial charge in [0.2, 0.25) is 5.95 Å². The Morgan fingerprint density at radius 3 is 2.82 bits per heavy atom. The van der Waals surface area contributed by atoms with Gasteiger partial charge in [-0.05, 0) is 47.7 Å². The summed E-state index contributed by atoms with van der Waals surface area (Å²) in [6.07, 6.45) is -0.831. The SMILES string of the molecule is COC(=O)Nc1ccc2c(-c3nc(NC4CCCC(O)C4)ncc3C(F)(F)F)c[nH]c2c1Br. The molecule has 8 nitrogen and oxygen atoms in total. The first-order valence-corrected chi connectivity index (χ1v) is 11.0. The zero-order valence-corrected chi connectivity index (χ0v) is 19.0. The number of aliphatic hydroxyl groups excluding tert-OH is 1. The minimum atomic E-state index is -4.66. The molecule has 4 N–H and O–H groups in total. The van der Waals surface area contributed by atoms with Gasteiger partial charge in [-0.25, -0.2) is 14.8 Å². The van der Waals surface area contributed by atoms with Crippen molar-refractivity contribution in [3.63, 3.8) is 0 Å². The van der Waals surface area contributed by atoms with E-state index in [9.17, 15) is 23.1 Å². The first kappa shape index (κ1) is 23.3. The maximum absolute atomic E-state index is 13.8. The number of nitrogens with zero attached hydrogens (tertiary/aromatic N) is 2. The van der Waals surface area contributed by atoms with Gasteiger partial charge in [-0.2, -0.15) is 13.2 Å². The number of carbonyl (C=O) groups is 1. The van der Waals surface area contributed by atoms with Crippen molar-refractivity contribution in [2.24, 2.45) is 0 Å². The van der Waals surface area contributed by atoms with Gasteiger partial charge in [0, 0.05) is 29.4 Å². The van der Waals surface area contributed by atoms with Gasteiger partial charge in [-0.3, -0.25) is 5.32 Å². The number of alkyl halides is 3. The fourth-order valence-electron chi connectivity index (χ4n) is 3.96. The maximum Gasteiger partial charge on any atom is 0.419 e. The van der Waals surface area contributed by atoms with Gasteiger partial charge in [0.05, 0.1) is 34.6 Å². The van der Waals surface area contributed by atoms with Crippen LogP contribution >= 0.6 is 15.9 Å². The highest BCUT2D eigenvalue weighted by Gasteiger charge is 2.36. The number of halogens is 4. The van der Waals surface area contributed by atoms with E-state index in [0.29, 0.717) is 33.9 Å². The van der Waals surface area contributed by atoms with E-state index in [4.69, 9.17) is 0 Å². The number of carbonyl (C=O) groups excluding carboxylic acids is 1. The molecule has 2 aromatic heterocycles. The summed E-state index contributed by atoms with van der Waals surface area (Å²) in [5, 5.41) is 15.9. The monoisotopic (exact) mass is 527 g/mol. The Balaban J connectivity index is 1.76. The second kappa shape index (κ2) is 9.18. The highest BCUT2D eigenvalue weighted by molar-refractivity contribution is 9.10. The van der Waals surface area contributed by atoms with Crippen molar-refractivity contribution >= 4 is 44.6 Å². The van der Waals surface area contributed by atoms with Gasteiger partial charge < -0.3 is 20.1 Å². The number of benzene rings is 1. The van der Waals surface area contributed by atoms with Crippen LogP contribution < -0.4 is 10.6 Å². The fourth-order valence-corrected chi connectivity index (χ4v) is 4.52. The molecule has 1 fully saturated rings. The fraction of sp³-hybridized carbons (Fsp3) is 0.381. The molecule has 2 unspecified atom stereocenters. The number of aromatic amines is 1. The number of aliphatic hydroxyl groups is 1. The summed E-state index contributed by atoms with van der Waals surface area (Å²) in [6, 6.07) is 3.02. The van der Waals surface area contributed by atoms with Crippen LogP contribution in [0.5, 0.6) is 0 Å². The molecule has 0 aliphatic heterocycles. The van der Waals surface area contributed by atoms with E-state index in [1.165, 1.54) is 13.3 Å². The molecule has 1 aliphatic rings.